The number of carboxylic acid groups (broad SMARTS) is 1. The summed E-state index contributed by atoms with van der Waals surface area (Å²) in [6, 6.07) is 10.5. The Morgan fingerprint density at radius 1 is 1.28 bits per heavy atom. The van der Waals surface area contributed by atoms with Crippen molar-refractivity contribution in [1.82, 2.24) is 9.78 Å². The van der Waals surface area contributed by atoms with E-state index < -0.39 is 5.97 Å². The zero-order valence-electron chi connectivity index (χ0n) is 12.9. The van der Waals surface area contributed by atoms with Crippen molar-refractivity contribution in [3.63, 3.8) is 0 Å². The summed E-state index contributed by atoms with van der Waals surface area (Å²) >= 11 is 3.23. The average Bonchev–Trinajstić information content (AvgIpc) is 3.24. The number of amides is 1. The summed E-state index contributed by atoms with van der Waals surface area (Å²) in [7, 11) is 0. The molecule has 4 rings (SSSR count). The summed E-state index contributed by atoms with van der Waals surface area (Å²) in [5, 5.41) is 18.4. The van der Waals surface area contributed by atoms with Crippen molar-refractivity contribution >= 4 is 40.8 Å². The number of hydrogen-bond donors (Lipinski definition) is 2. The third-order valence-electron chi connectivity index (χ3n) is 3.88. The van der Waals surface area contributed by atoms with Crippen LogP contribution in [-0.4, -0.2) is 32.5 Å². The first kappa shape index (κ1) is 15.9. The van der Waals surface area contributed by atoms with Crippen LogP contribution in [0.3, 0.4) is 0 Å². The lowest BCUT2D eigenvalue weighted by atomic mass is 10.2. The van der Waals surface area contributed by atoms with Crippen molar-refractivity contribution < 1.29 is 14.7 Å². The number of aromatic nitrogens is 2. The predicted octanol–water partition coefficient (Wildman–Crippen LogP) is 3.41. The number of carbonyl (C=O) groups excluding carboxylic acids is 1. The number of hydrogen-bond acceptors (Lipinski definition) is 5. The number of nitrogens with one attached hydrogen (secondary N) is 1. The monoisotopic (exact) mass is 371 g/mol. The molecule has 1 aliphatic rings. The van der Waals surface area contributed by atoms with E-state index in [9.17, 15) is 9.59 Å². The molecule has 1 amide bonds. The number of nitrogens with zero attached hydrogens (tertiary/aromatic N) is 2. The van der Waals surface area contributed by atoms with Crippen LogP contribution < -0.4 is 5.32 Å². The maximum atomic E-state index is 12.1. The Labute approximate surface area is 151 Å². The molecule has 3 heterocycles. The summed E-state index contributed by atoms with van der Waals surface area (Å²) < 4.78 is 1.64. The maximum absolute atomic E-state index is 12.1. The average molecular weight is 371 g/mol. The van der Waals surface area contributed by atoms with E-state index in [0.29, 0.717) is 17.3 Å². The van der Waals surface area contributed by atoms with Gasteiger partial charge in [-0.1, -0.05) is 6.07 Å². The molecule has 0 radical (unpaired) electrons. The SMILES string of the molecule is O=C1CSC(c2cccs2)c2cnn(-c3ccc(C(=O)O)cc3)c2N1. The number of anilines is 1. The van der Waals surface area contributed by atoms with E-state index in [-0.39, 0.29) is 16.7 Å². The van der Waals surface area contributed by atoms with Crippen molar-refractivity contribution in [2.45, 2.75) is 5.25 Å². The molecule has 0 aliphatic carbocycles. The van der Waals surface area contributed by atoms with Gasteiger partial charge in [0.25, 0.3) is 0 Å². The molecule has 6 nitrogen and oxygen atoms in total. The van der Waals surface area contributed by atoms with E-state index in [0.717, 1.165) is 5.56 Å². The van der Waals surface area contributed by atoms with E-state index in [2.05, 4.69) is 16.5 Å². The first-order chi connectivity index (χ1) is 12.1. The number of carbonyl (C=O) groups is 2. The van der Waals surface area contributed by atoms with E-state index in [1.54, 1.807) is 46.1 Å². The second-order valence-corrected chi connectivity index (χ2v) is 7.54. The molecule has 126 valence electrons. The van der Waals surface area contributed by atoms with E-state index in [4.69, 9.17) is 5.11 Å². The van der Waals surface area contributed by atoms with E-state index in [1.165, 1.54) is 17.0 Å². The van der Waals surface area contributed by atoms with Crippen LogP contribution in [0.1, 0.15) is 26.0 Å². The summed E-state index contributed by atoms with van der Waals surface area (Å²) in [5.74, 6) is -0.0474. The highest BCUT2D eigenvalue weighted by atomic mass is 32.2. The number of benzene rings is 1. The minimum Gasteiger partial charge on any atom is -0.478 e. The predicted molar refractivity (Wildman–Crippen MR) is 97.8 cm³/mol. The molecule has 0 saturated carbocycles. The molecule has 3 aromatic rings. The topological polar surface area (TPSA) is 84.2 Å². The third kappa shape index (κ3) is 2.94. The van der Waals surface area contributed by atoms with Gasteiger partial charge in [0.2, 0.25) is 5.91 Å². The Hall–Kier alpha value is -2.58. The highest BCUT2D eigenvalue weighted by molar-refractivity contribution is 8.00. The highest BCUT2D eigenvalue weighted by Crippen LogP contribution is 2.43. The normalized spacial score (nSPS) is 16.8. The Kier molecular flexibility index (Phi) is 4.06. The molecule has 1 aliphatic heterocycles. The summed E-state index contributed by atoms with van der Waals surface area (Å²) in [5.41, 5.74) is 1.85. The number of aromatic carboxylic acids is 1. The Bertz CT molecular complexity index is 933. The number of thiophene rings is 1. The fraction of sp³-hybridized carbons (Fsp3) is 0.118. The van der Waals surface area contributed by atoms with Gasteiger partial charge in [0.1, 0.15) is 5.82 Å². The van der Waals surface area contributed by atoms with Crippen LogP contribution in [0.5, 0.6) is 0 Å². The zero-order chi connectivity index (χ0) is 17.4. The molecule has 0 saturated heterocycles. The minimum atomic E-state index is -0.978. The lowest BCUT2D eigenvalue weighted by Crippen LogP contribution is -2.15. The smallest absolute Gasteiger partial charge is 0.335 e. The maximum Gasteiger partial charge on any atom is 0.335 e. The van der Waals surface area contributed by atoms with Gasteiger partial charge >= 0.3 is 5.97 Å². The minimum absolute atomic E-state index is 0.0426. The molecular weight excluding hydrogens is 358 g/mol. The van der Waals surface area contributed by atoms with Crippen LogP contribution in [0.15, 0.2) is 48.0 Å². The first-order valence-electron chi connectivity index (χ1n) is 7.50. The number of thioether (sulfide) groups is 1. The van der Waals surface area contributed by atoms with Crippen LogP contribution >= 0.6 is 23.1 Å². The number of fused-ring (bicyclic) bond motifs is 1. The molecule has 2 N–H and O–H groups in total. The van der Waals surface area contributed by atoms with Crippen LogP contribution in [0.2, 0.25) is 0 Å². The van der Waals surface area contributed by atoms with Gasteiger partial charge in [-0.15, -0.1) is 23.1 Å². The fourth-order valence-corrected chi connectivity index (χ4v) is 4.79. The molecule has 1 atom stereocenters. The Morgan fingerprint density at radius 2 is 2.08 bits per heavy atom. The van der Waals surface area contributed by atoms with Gasteiger partial charge in [-0.2, -0.15) is 5.10 Å². The van der Waals surface area contributed by atoms with Crippen molar-refractivity contribution in [1.29, 1.82) is 0 Å². The van der Waals surface area contributed by atoms with E-state index in [1.807, 2.05) is 11.4 Å². The third-order valence-corrected chi connectivity index (χ3v) is 6.24. The zero-order valence-corrected chi connectivity index (χ0v) is 14.5. The van der Waals surface area contributed by atoms with Crippen LogP contribution in [0.25, 0.3) is 5.69 Å². The van der Waals surface area contributed by atoms with Gasteiger partial charge in [-0.05, 0) is 35.7 Å². The molecule has 0 bridgehead atoms. The van der Waals surface area contributed by atoms with Gasteiger partial charge < -0.3 is 10.4 Å². The van der Waals surface area contributed by atoms with Gasteiger partial charge in [0.15, 0.2) is 0 Å². The number of rotatable bonds is 3. The summed E-state index contributed by atoms with van der Waals surface area (Å²) in [6.45, 7) is 0. The van der Waals surface area contributed by atoms with Crippen LogP contribution in [0, 0.1) is 0 Å². The second-order valence-electron chi connectivity index (χ2n) is 5.47. The van der Waals surface area contributed by atoms with Gasteiger partial charge in [0, 0.05) is 10.4 Å². The quantitative estimate of drug-likeness (QED) is 0.737. The lowest BCUT2D eigenvalue weighted by Gasteiger charge is -2.12. The van der Waals surface area contributed by atoms with Crippen molar-refractivity contribution in [3.8, 4) is 5.69 Å². The summed E-state index contributed by atoms with van der Waals surface area (Å²) in [6.07, 6.45) is 1.77. The largest absolute Gasteiger partial charge is 0.478 e. The molecule has 0 spiro atoms. The highest BCUT2D eigenvalue weighted by Gasteiger charge is 2.28. The molecular formula is C17H13N3O3S2. The van der Waals surface area contributed by atoms with Gasteiger partial charge in [-0.25, -0.2) is 9.48 Å². The fourth-order valence-electron chi connectivity index (χ4n) is 2.71. The van der Waals surface area contributed by atoms with Crippen LogP contribution in [0.4, 0.5) is 5.82 Å². The molecule has 1 unspecified atom stereocenters. The van der Waals surface area contributed by atoms with Crippen LogP contribution in [-0.2, 0) is 4.79 Å². The summed E-state index contributed by atoms with van der Waals surface area (Å²) in [4.78, 5) is 24.3. The molecule has 2 aromatic heterocycles. The molecule has 25 heavy (non-hydrogen) atoms. The first-order valence-corrected chi connectivity index (χ1v) is 9.43. The Balaban J connectivity index is 1.79. The van der Waals surface area contributed by atoms with Gasteiger partial charge in [0.05, 0.1) is 28.5 Å². The van der Waals surface area contributed by atoms with E-state index >= 15 is 0 Å². The van der Waals surface area contributed by atoms with Crippen molar-refractivity contribution in [3.05, 3.63) is 64.0 Å². The lowest BCUT2D eigenvalue weighted by molar-refractivity contribution is -0.113. The Morgan fingerprint density at radius 3 is 2.76 bits per heavy atom. The molecule has 1 aromatic carbocycles. The molecule has 8 heteroatoms. The van der Waals surface area contributed by atoms with Crippen molar-refractivity contribution in [2.24, 2.45) is 0 Å². The molecule has 0 fully saturated rings. The number of carboxylic acids is 1. The van der Waals surface area contributed by atoms with Crippen molar-refractivity contribution in [2.75, 3.05) is 11.1 Å². The standard InChI is InChI=1S/C17H13N3O3S2/c21-14-9-25-15(13-2-1-7-24-13)12-8-18-20(16(12)19-14)11-5-3-10(4-6-11)17(22)23/h1-8,15H,9H2,(H,19,21)(H,22,23). The second kappa shape index (κ2) is 6.38. The van der Waals surface area contributed by atoms with Gasteiger partial charge in [-0.3, -0.25) is 4.79 Å².